The molecule has 0 N–H and O–H groups in total. The van der Waals surface area contributed by atoms with Crippen LogP contribution in [0.5, 0.6) is 0 Å². The number of fused-ring (bicyclic) bond motifs is 7. The highest BCUT2D eigenvalue weighted by atomic mass is 16.3. The Bertz CT molecular complexity index is 2300. The molecular formula is C36H21N3O. The Balaban J connectivity index is 1.41. The lowest BCUT2D eigenvalue weighted by Gasteiger charge is -2.15. The van der Waals surface area contributed by atoms with Crippen molar-refractivity contribution in [2.24, 2.45) is 0 Å². The molecule has 3 aromatic heterocycles. The molecule has 0 saturated heterocycles. The van der Waals surface area contributed by atoms with Crippen molar-refractivity contribution in [3.05, 3.63) is 133 Å². The van der Waals surface area contributed by atoms with Crippen LogP contribution in [0.1, 0.15) is 5.56 Å². The standard InChI is InChI=1S/C36H21N3O/c37-21-25-22-38-19-18-26(25)23-8-7-9-24(20-23)27-10-1-4-13-31(27)39-32-14-5-2-12-30(32)35-33(39)17-16-29-28-11-3-6-15-34(28)40-36(29)35/h1-20,22H. The minimum Gasteiger partial charge on any atom is -0.455 e. The zero-order chi connectivity index (χ0) is 26.6. The van der Waals surface area contributed by atoms with E-state index in [-0.39, 0.29) is 0 Å². The minimum absolute atomic E-state index is 0.560. The van der Waals surface area contributed by atoms with Crippen LogP contribution in [0, 0.1) is 11.3 Å². The highest BCUT2D eigenvalue weighted by Crippen LogP contribution is 2.42. The van der Waals surface area contributed by atoms with Crippen molar-refractivity contribution < 1.29 is 4.42 Å². The maximum atomic E-state index is 9.66. The van der Waals surface area contributed by atoms with E-state index < -0.39 is 0 Å². The molecule has 0 radical (unpaired) electrons. The Hall–Kier alpha value is -5.66. The first-order chi connectivity index (χ1) is 19.8. The van der Waals surface area contributed by atoms with E-state index in [2.05, 4.69) is 101 Å². The van der Waals surface area contributed by atoms with Crippen LogP contribution in [0.15, 0.2) is 132 Å². The summed E-state index contributed by atoms with van der Waals surface area (Å²) in [7, 11) is 0. The number of hydrogen-bond acceptors (Lipinski definition) is 3. The zero-order valence-electron chi connectivity index (χ0n) is 21.4. The van der Waals surface area contributed by atoms with Gasteiger partial charge in [-0.15, -0.1) is 0 Å². The maximum absolute atomic E-state index is 9.66. The molecule has 5 aromatic carbocycles. The smallest absolute Gasteiger partial charge is 0.145 e. The van der Waals surface area contributed by atoms with Gasteiger partial charge in [0.1, 0.15) is 17.2 Å². The van der Waals surface area contributed by atoms with Gasteiger partial charge in [0.25, 0.3) is 0 Å². The molecule has 0 aliphatic carbocycles. The first-order valence-electron chi connectivity index (χ1n) is 13.2. The van der Waals surface area contributed by atoms with Crippen LogP contribution in [0.25, 0.3) is 71.7 Å². The number of nitrogens with zero attached hydrogens (tertiary/aromatic N) is 3. The molecule has 0 saturated carbocycles. The van der Waals surface area contributed by atoms with E-state index in [1.165, 1.54) is 0 Å². The fraction of sp³-hybridized carbons (Fsp3) is 0. The highest BCUT2D eigenvalue weighted by Gasteiger charge is 2.20. The molecule has 0 bridgehead atoms. The third-order valence-electron chi connectivity index (χ3n) is 7.75. The Morgan fingerprint density at radius 1 is 0.650 bits per heavy atom. The van der Waals surface area contributed by atoms with E-state index in [0.29, 0.717) is 5.56 Å². The highest BCUT2D eigenvalue weighted by molar-refractivity contribution is 6.24. The number of furan rings is 1. The van der Waals surface area contributed by atoms with Crippen molar-refractivity contribution in [1.29, 1.82) is 5.26 Å². The molecule has 0 spiro atoms. The Morgan fingerprint density at radius 3 is 2.33 bits per heavy atom. The second-order valence-corrected chi connectivity index (χ2v) is 9.92. The summed E-state index contributed by atoms with van der Waals surface area (Å²) in [5.74, 6) is 0. The van der Waals surface area contributed by atoms with Crippen molar-refractivity contribution in [2.75, 3.05) is 0 Å². The van der Waals surface area contributed by atoms with E-state index in [1.807, 2.05) is 30.3 Å². The van der Waals surface area contributed by atoms with Crippen molar-refractivity contribution >= 4 is 43.7 Å². The van der Waals surface area contributed by atoms with Gasteiger partial charge in [0.05, 0.1) is 27.7 Å². The van der Waals surface area contributed by atoms with Crippen LogP contribution in [0.3, 0.4) is 0 Å². The van der Waals surface area contributed by atoms with E-state index >= 15 is 0 Å². The third-order valence-corrected chi connectivity index (χ3v) is 7.75. The molecule has 8 aromatic rings. The molecular weight excluding hydrogens is 490 g/mol. The van der Waals surface area contributed by atoms with Gasteiger partial charge in [0.2, 0.25) is 0 Å². The molecule has 0 unspecified atom stereocenters. The minimum atomic E-state index is 0.560. The maximum Gasteiger partial charge on any atom is 0.145 e. The number of pyridine rings is 1. The molecule has 186 valence electrons. The van der Waals surface area contributed by atoms with Crippen molar-refractivity contribution in [3.8, 4) is 34.0 Å². The summed E-state index contributed by atoms with van der Waals surface area (Å²) in [6.07, 6.45) is 3.35. The molecule has 40 heavy (non-hydrogen) atoms. The fourth-order valence-electron chi connectivity index (χ4n) is 6.00. The molecule has 0 amide bonds. The summed E-state index contributed by atoms with van der Waals surface area (Å²) in [6.45, 7) is 0. The lowest BCUT2D eigenvalue weighted by Crippen LogP contribution is -1.97. The van der Waals surface area contributed by atoms with E-state index in [0.717, 1.165) is 71.7 Å². The van der Waals surface area contributed by atoms with Gasteiger partial charge in [0.15, 0.2) is 0 Å². The van der Waals surface area contributed by atoms with Gasteiger partial charge in [-0.05, 0) is 53.6 Å². The van der Waals surface area contributed by atoms with Crippen LogP contribution in [-0.4, -0.2) is 9.55 Å². The number of para-hydroxylation sites is 3. The van der Waals surface area contributed by atoms with Gasteiger partial charge in [-0.1, -0.05) is 72.8 Å². The molecule has 0 fully saturated rings. The molecule has 0 aliphatic heterocycles. The molecule has 4 nitrogen and oxygen atoms in total. The SMILES string of the molecule is N#Cc1cnccc1-c1cccc(-c2ccccc2-n2c3ccccc3c3c4oc5ccccc5c4ccc32)c1. The van der Waals surface area contributed by atoms with Crippen LogP contribution in [0.2, 0.25) is 0 Å². The molecule has 8 rings (SSSR count). The van der Waals surface area contributed by atoms with Gasteiger partial charge in [-0.25, -0.2) is 0 Å². The van der Waals surface area contributed by atoms with Crippen molar-refractivity contribution in [3.63, 3.8) is 0 Å². The first kappa shape index (κ1) is 22.3. The van der Waals surface area contributed by atoms with Crippen LogP contribution in [-0.2, 0) is 0 Å². The largest absolute Gasteiger partial charge is 0.455 e. The molecule has 4 heteroatoms. The Morgan fingerprint density at radius 2 is 1.43 bits per heavy atom. The predicted octanol–water partition coefficient (Wildman–Crippen LogP) is 9.28. The summed E-state index contributed by atoms with van der Waals surface area (Å²) in [5, 5.41) is 14.2. The summed E-state index contributed by atoms with van der Waals surface area (Å²) in [6, 6.07) is 42.2. The van der Waals surface area contributed by atoms with E-state index in [4.69, 9.17) is 4.42 Å². The van der Waals surface area contributed by atoms with Gasteiger partial charge in [-0.3, -0.25) is 4.98 Å². The van der Waals surface area contributed by atoms with E-state index in [9.17, 15) is 5.26 Å². The Labute approximate surface area is 230 Å². The molecule has 3 heterocycles. The van der Waals surface area contributed by atoms with Crippen molar-refractivity contribution in [2.45, 2.75) is 0 Å². The lowest BCUT2D eigenvalue weighted by atomic mass is 9.96. The fourth-order valence-corrected chi connectivity index (χ4v) is 6.00. The zero-order valence-corrected chi connectivity index (χ0v) is 21.4. The number of benzene rings is 5. The topological polar surface area (TPSA) is 54.8 Å². The normalized spacial score (nSPS) is 11.5. The van der Waals surface area contributed by atoms with Gasteiger partial charge in [-0.2, -0.15) is 5.26 Å². The quantitative estimate of drug-likeness (QED) is 0.237. The van der Waals surface area contributed by atoms with Gasteiger partial charge in [0, 0.05) is 39.7 Å². The van der Waals surface area contributed by atoms with Gasteiger partial charge < -0.3 is 8.98 Å². The number of hydrogen-bond donors (Lipinski definition) is 0. The summed E-state index contributed by atoms with van der Waals surface area (Å²) < 4.78 is 8.82. The monoisotopic (exact) mass is 511 g/mol. The predicted molar refractivity (Wildman–Crippen MR) is 161 cm³/mol. The van der Waals surface area contributed by atoms with Crippen LogP contribution < -0.4 is 0 Å². The lowest BCUT2D eigenvalue weighted by molar-refractivity contribution is 0.673. The Kier molecular flexibility index (Phi) is 4.85. The summed E-state index contributed by atoms with van der Waals surface area (Å²) >= 11 is 0. The summed E-state index contributed by atoms with van der Waals surface area (Å²) in [5.41, 5.74) is 9.70. The number of aromatic nitrogens is 2. The average Bonchev–Trinajstić information content (AvgIpc) is 3.57. The first-order valence-corrected chi connectivity index (χ1v) is 13.2. The van der Waals surface area contributed by atoms with Crippen molar-refractivity contribution in [1.82, 2.24) is 9.55 Å². The third kappa shape index (κ3) is 3.22. The average molecular weight is 512 g/mol. The second kappa shape index (κ2) is 8.69. The molecule has 0 atom stereocenters. The molecule has 0 aliphatic rings. The van der Waals surface area contributed by atoms with Crippen LogP contribution >= 0.6 is 0 Å². The number of rotatable bonds is 3. The number of nitriles is 1. The van der Waals surface area contributed by atoms with Crippen LogP contribution in [0.4, 0.5) is 0 Å². The summed E-state index contributed by atoms with van der Waals surface area (Å²) in [4.78, 5) is 4.13. The van der Waals surface area contributed by atoms with E-state index in [1.54, 1.807) is 12.4 Å². The van der Waals surface area contributed by atoms with Gasteiger partial charge >= 0.3 is 0 Å². The second-order valence-electron chi connectivity index (χ2n) is 9.92.